The maximum Gasteiger partial charge on any atom is 0.338 e. The Morgan fingerprint density at radius 2 is 2.04 bits per heavy atom. The lowest BCUT2D eigenvalue weighted by atomic mass is 9.91. The predicted octanol–water partition coefficient (Wildman–Crippen LogP) is -0.000460. The Kier molecular flexibility index (Phi) is 5.58. The summed E-state index contributed by atoms with van der Waals surface area (Å²) in [5.74, 6) is -0.425. The molecule has 7 nitrogen and oxygen atoms in total. The number of benzene rings is 1. The summed E-state index contributed by atoms with van der Waals surface area (Å²) in [7, 11) is 1.37. The summed E-state index contributed by atoms with van der Waals surface area (Å²) in [5.41, 5.74) is 4.10. The second kappa shape index (κ2) is 7.88. The first-order valence-electron chi connectivity index (χ1n) is 8.87. The van der Waals surface area contributed by atoms with Crippen LogP contribution in [0.2, 0.25) is 0 Å². The van der Waals surface area contributed by atoms with Crippen molar-refractivity contribution in [3.63, 3.8) is 0 Å². The van der Waals surface area contributed by atoms with E-state index in [9.17, 15) is 9.59 Å². The molecule has 3 N–H and O–H groups in total. The topological polar surface area (TPSA) is 81.1 Å². The molecular formula is C19H26N3O4+. The Morgan fingerprint density at radius 1 is 1.31 bits per heavy atom. The van der Waals surface area contributed by atoms with Gasteiger partial charge < -0.3 is 25.0 Å². The number of quaternary nitrogens is 1. The molecule has 7 heteroatoms. The van der Waals surface area contributed by atoms with Crippen molar-refractivity contribution < 1.29 is 24.0 Å². The van der Waals surface area contributed by atoms with Crippen LogP contribution in [0.25, 0.3) is 0 Å². The van der Waals surface area contributed by atoms with E-state index in [0.29, 0.717) is 31.0 Å². The first-order valence-corrected chi connectivity index (χ1v) is 8.87. The first kappa shape index (κ1) is 18.4. The Hall–Kier alpha value is -2.38. The molecule has 1 atom stereocenters. The molecule has 1 aromatic carbocycles. The average Bonchev–Trinajstić information content (AvgIpc) is 2.63. The van der Waals surface area contributed by atoms with Crippen molar-refractivity contribution in [1.29, 1.82) is 0 Å². The molecule has 0 saturated carbocycles. The molecule has 26 heavy (non-hydrogen) atoms. The minimum Gasteiger partial charge on any atom is -0.466 e. The molecule has 2 amide bonds. The van der Waals surface area contributed by atoms with Gasteiger partial charge in [0.25, 0.3) is 0 Å². The monoisotopic (exact) mass is 360 g/mol. The van der Waals surface area contributed by atoms with Gasteiger partial charge in [0.15, 0.2) is 0 Å². The Labute approximate surface area is 153 Å². The lowest BCUT2D eigenvalue weighted by molar-refractivity contribution is -0.903. The third-order valence-electron chi connectivity index (χ3n) is 4.93. The first-order chi connectivity index (χ1) is 12.5. The van der Waals surface area contributed by atoms with E-state index in [1.54, 1.807) is 0 Å². The highest BCUT2D eigenvalue weighted by atomic mass is 16.5. The lowest BCUT2D eigenvalue weighted by Gasteiger charge is -2.32. The van der Waals surface area contributed by atoms with Crippen LogP contribution in [0.5, 0.6) is 0 Å². The second-order valence-corrected chi connectivity index (χ2v) is 6.81. The van der Waals surface area contributed by atoms with Gasteiger partial charge in [-0.15, -0.1) is 0 Å². The van der Waals surface area contributed by atoms with Gasteiger partial charge in [0.1, 0.15) is 19.6 Å². The summed E-state index contributed by atoms with van der Waals surface area (Å²) in [4.78, 5) is 26.2. The van der Waals surface area contributed by atoms with E-state index in [-0.39, 0.29) is 6.03 Å². The van der Waals surface area contributed by atoms with Crippen molar-refractivity contribution in [3.8, 4) is 0 Å². The molecule has 1 fully saturated rings. The summed E-state index contributed by atoms with van der Waals surface area (Å²) < 4.78 is 10.4. The zero-order valence-corrected chi connectivity index (χ0v) is 15.5. The summed E-state index contributed by atoms with van der Waals surface area (Å²) in [6, 6.07) is 5.20. The van der Waals surface area contributed by atoms with Crippen molar-refractivity contribution in [2.24, 2.45) is 0 Å². The molecule has 0 aliphatic carbocycles. The van der Waals surface area contributed by atoms with E-state index in [0.717, 1.165) is 29.8 Å². The minimum absolute atomic E-state index is 0.300. The highest BCUT2D eigenvalue weighted by Crippen LogP contribution is 2.30. The highest BCUT2D eigenvalue weighted by Gasteiger charge is 2.35. The quantitative estimate of drug-likeness (QED) is 0.661. The van der Waals surface area contributed by atoms with Crippen molar-refractivity contribution in [1.82, 2.24) is 10.6 Å². The van der Waals surface area contributed by atoms with Gasteiger partial charge in [-0.2, -0.15) is 0 Å². The van der Waals surface area contributed by atoms with Gasteiger partial charge in [0, 0.05) is 0 Å². The third kappa shape index (κ3) is 3.89. The van der Waals surface area contributed by atoms with Crippen LogP contribution in [0.4, 0.5) is 4.79 Å². The Balaban J connectivity index is 2.03. The van der Waals surface area contributed by atoms with E-state index >= 15 is 0 Å². The van der Waals surface area contributed by atoms with Crippen LogP contribution in [0.3, 0.4) is 0 Å². The number of hydrogen-bond donors (Lipinski definition) is 3. The third-order valence-corrected chi connectivity index (χ3v) is 4.93. The fraction of sp³-hybridized carbons (Fsp3) is 0.474. The molecule has 1 aromatic rings. The van der Waals surface area contributed by atoms with Gasteiger partial charge in [-0.3, -0.25) is 0 Å². The molecule has 2 aliphatic rings. The smallest absolute Gasteiger partial charge is 0.338 e. The second-order valence-electron chi connectivity index (χ2n) is 6.81. The van der Waals surface area contributed by atoms with Crippen LogP contribution in [0.1, 0.15) is 22.7 Å². The van der Waals surface area contributed by atoms with Crippen LogP contribution in [-0.2, 0) is 14.3 Å². The number of urea groups is 1. The Bertz CT molecular complexity index is 738. The average molecular weight is 360 g/mol. The van der Waals surface area contributed by atoms with E-state index in [4.69, 9.17) is 9.47 Å². The van der Waals surface area contributed by atoms with E-state index in [2.05, 4.69) is 10.6 Å². The van der Waals surface area contributed by atoms with E-state index in [1.165, 1.54) is 12.0 Å². The molecule has 0 bridgehead atoms. The van der Waals surface area contributed by atoms with Crippen molar-refractivity contribution in [2.75, 3.05) is 40.0 Å². The van der Waals surface area contributed by atoms with Crippen molar-refractivity contribution >= 4 is 12.0 Å². The van der Waals surface area contributed by atoms with Crippen molar-refractivity contribution in [3.05, 3.63) is 46.2 Å². The number of carbonyl (C=O) groups is 2. The lowest BCUT2D eigenvalue weighted by Crippen LogP contribution is -3.14. The number of methoxy groups -OCH3 is 1. The summed E-state index contributed by atoms with van der Waals surface area (Å²) in [5, 5.41) is 5.72. The summed E-state index contributed by atoms with van der Waals surface area (Å²) in [6.07, 6.45) is 0. The molecule has 3 rings (SSSR count). The van der Waals surface area contributed by atoms with Crippen LogP contribution in [0, 0.1) is 13.8 Å². The molecule has 2 heterocycles. The van der Waals surface area contributed by atoms with Gasteiger partial charge in [-0.1, -0.05) is 23.8 Å². The van der Waals surface area contributed by atoms with E-state index in [1.807, 2.05) is 32.0 Å². The number of aryl methyl sites for hydroxylation is 2. The number of ether oxygens (including phenoxy) is 2. The number of amides is 2. The normalized spacial score (nSPS) is 21.2. The molecular weight excluding hydrogens is 334 g/mol. The summed E-state index contributed by atoms with van der Waals surface area (Å²) >= 11 is 0. The fourth-order valence-corrected chi connectivity index (χ4v) is 3.50. The van der Waals surface area contributed by atoms with Crippen LogP contribution in [-0.4, -0.2) is 52.0 Å². The maximum atomic E-state index is 12.6. The Morgan fingerprint density at radius 3 is 2.73 bits per heavy atom. The standard InChI is InChI=1S/C19H25N3O4/c1-12-4-5-13(2)14(10-12)17-16(18(23)25-3)15(20-19(24)21-17)11-22-6-8-26-9-7-22/h4-5,10,17H,6-9,11H2,1-3H3,(H2,20,21,24)/p+1/t17-/m1/s1. The maximum absolute atomic E-state index is 12.6. The number of rotatable bonds is 4. The van der Waals surface area contributed by atoms with Gasteiger partial charge >= 0.3 is 12.0 Å². The highest BCUT2D eigenvalue weighted by molar-refractivity contribution is 5.95. The molecule has 0 spiro atoms. The fourth-order valence-electron chi connectivity index (χ4n) is 3.50. The van der Waals surface area contributed by atoms with Gasteiger partial charge in [0.2, 0.25) is 0 Å². The SMILES string of the molecule is COC(=O)C1=C(C[NH+]2CCOCC2)NC(=O)N[C@@H]1c1cc(C)ccc1C. The zero-order valence-electron chi connectivity index (χ0n) is 15.5. The molecule has 1 saturated heterocycles. The number of esters is 1. The largest absolute Gasteiger partial charge is 0.466 e. The molecule has 0 unspecified atom stereocenters. The summed E-state index contributed by atoms with van der Waals surface area (Å²) in [6.45, 7) is 7.58. The van der Waals surface area contributed by atoms with Crippen LogP contribution in [0.15, 0.2) is 29.5 Å². The minimum atomic E-state index is -0.522. The van der Waals surface area contributed by atoms with E-state index < -0.39 is 12.0 Å². The predicted molar refractivity (Wildman–Crippen MR) is 95.7 cm³/mol. The number of carbonyl (C=O) groups excluding carboxylic acids is 2. The van der Waals surface area contributed by atoms with Gasteiger partial charge in [-0.05, 0) is 25.0 Å². The number of morpholine rings is 1. The number of hydrogen-bond acceptors (Lipinski definition) is 4. The van der Waals surface area contributed by atoms with Gasteiger partial charge in [-0.25, -0.2) is 9.59 Å². The number of nitrogens with one attached hydrogen (secondary N) is 3. The zero-order chi connectivity index (χ0) is 18.7. The van der Waals surface area contributed by atoms with Gasteiger partial charge in [0.05, 0.1) is 37.6 Å². The molecule has 0 aromatic heterocycles. The molecule has 0 radical (unpaired) electrons. The van der Waals surface area contributed by atoms with Crippen LogP contribution < -0.4 is 15.5 Å². The van der Waals surface area contributed by atoms with Crippen LogP contribution >= 0.6 is 0 Å². The molecule has 140 valence electrons. The molecule has 2 aliphatic heterocycles. The van der Waals surface area contributed by atoms with Crippen molar-refractivity contribution in [2.45, 2.75) is 19.9 Å².